The van der Waals surface area contributed by atoms with Gasteiger partial charge in [-0.25, -0.2) is 0 Å². The third kappa shape index (κ3) is 5.22. The molecule has 1 aliphatic carbocycles. The summed E-state index contributed by atoms with van der Waals surface area (Å²) in [5.74, 6) is 1.81. The number of benzene rings is 1. The average Bonchev–Trinajstić information content (AvgIpc) is 2.58. The van der Waals surface area contributed by atoms with Gasteiger partial charge in [0.2, 0.25) is 0 Å². The molecule has 1 aromatic rings. The summed E-state index contributed by atoms with van der Waals surface area (Å²) in [6.07, 6.45) is 14.4. The van der Waals surface area contributed by atoms with E-state index in [2.05, 4.69) is 18.3 Å². The number of thiocarbonyl (C=S) groups is 1. The second-order valence-corrected chi connectivity index (χ2v) is 6.71. The van der Waals surface area contributed by atoms with Gasteiger partial charge >= 0.3 is 0 Å². The number of hydrogen-bond acceptors (Lipinski definition) is 3. The summed E-state index contributed by atoms with van der Waals surface area (Å²) >= 11 is 11.2. The SMILES string of the molecule is CC=Cc1cc(C(=S)Cl)cc(NCCCC)c1OC1=CC=CCC1. The van der Waals surface area contributed by atoms with Crippen molar-refractivity contribution >= 4 is 39.9 Å². The quantitative estimate of drug-likeness (QED) is 0.326. The number of nitrogens with one attached hydrogen (secondary N) is 1. The lowest BCUT2D eigenvalue weighted by molar-refractivity contribution is 0.403. The summed E-state index contributed by atoms with van der Waals surface area (Å²) in [6.45, 7) is 5.05. The summed E-state index contributed by atoms with van der Waals surface area (Å²) in [5.41, 5.74) is 2.75. The summed E-state index contributed by atoms with van der Waals surface area (Å²) < 4.78 is 6.61. The Balaban J connectivity index is 2.43. The van der Waals surface area contributed by atoms with E-state index in [1.165, 1.54) is 0 Å². The summed E-state index contributed by atoms with van der Waals surface area (Å²) in [7, 11) is 0. The number of ether oxygens (including phenoxy) is 1. The highest BCUT2D eigenvalue weighted by Gasteiger charge is 2.15. The van der Waals surface area contributed by atoms with Crippen molar-refractivity contribution in [3.05, 3.63) is 53.3 Å². The molecule has 1 aliphatic rings. The summed E-state index contributed by atoms with van der Waals surface area (Å²) in [6, 6.07) is 3.96. The van der Waals surface area contributed by atoms with E-state index < -0.39 is 0 Å². The summed E-state index contributed by atoms with van der Waals surface area (Å²) in [5, 5.41) is 3.48. The van der Waals surface area contributed by atoms with Crippen LogP contribution in [-0.2, 0) is 0 Å². The van der Waals surface area contributed by atoms with E-state index in [9.17, 15) is 0 Å². The van der Waals surface area contributed by atoms with Gasteiger partial charge < -0.3 is 10.1 Å². The number of rotatable bonds is 8. The van der Waals surface area contributed by atoms with E-state index in [-0.39, 0.29) is 0 Å². The van der Waals surface area contributed by atoms with Crippen LogP contribution in [0.25, 0.3) is 6.08 Å². The van der Waals surface area contributed by atoms with Gasteiger partial charge in [0.15, 0.2) is 5.75 Å². The van der Waals surface area contributed by atoms with Crippen molar-refractivity contribution < 1.29 is 4.74 Å². The molecule has 4 heteroatoms. The largest absolute Gasteiger partial charge is 0.459 e. The Bertz CT molecular complexity index is 676. The molecular weight excluding hydrogens is 338 g/mol. The second-order valence-electron chi connectivity index (χ2n) is 5.70. The minimum Gasteiger partial charge on any atom is -0.459 e. The molecule has 0 aliphatic heterocycles. The summed E-state index contributed by atoms with van der Waals surface area (Å²) in [4.78, 5) is 0. The first-order valence-corrected chi connectivity index (χ1v) is 9.22. The molecule has 0 bridgehead atoms. The van der Waals surface area contributed by atoms with Crippen molar-refractivity contribution in [3.8, 4) is 5.75 Å². The molecule has 1 aromatic carbocycles. The van der Waals surface area contributed by atoms with Gasteiger partial charge in [0.25, 0.3) is 0 Å². The first kappa shape index (κ1) is 18.8. The second kappa shape index (κ2) is 9.65. The molecule has 24 heavy (non-hydrogen) atoms. The molecule has 0 heterocycles. The van der Waals surface area contributed by atoms with Crippen LogP contribution in [0.1, 0.15) is 50.7 Å². The Kier molecular flexibility index (Phi) is 7.54. The number of unbranched alkanes of at least 4 members (excludes halogenated alkanes) is 1. The van der Waals surface area contributed by atoms with Gasteiger partial charge in [-0.1, -0.05) is 61.5 Å². The predicted octanol–water partition coefficient (Wildman–Crippen LogP) is 6.46. The standard InChI is InChI=1S/C20H24ClNOS/c1-3-5-12-22-18-14-16(20(21)24)13-15(9-4-2)19(18)23-17-10-7-6-8-11-17/h4,6-7,9-10,13-14,22H,3,5,8,11-12H2,1-2H3. The first-order valence-electron chi connectivity index (χ1n) is 8.43. The normalized spacial score (nSPS) is 13.9. The van der Waals surface area contributed by atoms with Gasteiger partial charge in [-0.3, -0.25) is 0 Å². The maximum absolute atomic E-state index is 6.25. The lowest BCUT2D eigenvalue weighted by atomic mass is 10.1. The van der Waals surface area contributed by atoms with E-state index in [4.69, 9.17) is 28.6 Å². The maximum Gasteiger partial charge on any atom is 0.157 e. The lowest BCUT2D eigenvalue weighted by Crippen LogP contribution is -2.07. The molecule has 0 atom stereocenters. The van der Waals surface area contributed by atoms with E-state index in [0.717, 1.165) is 60.6 Å². The fourth-order valence-electron chi connectivity index (χ4n) is 2.51. The van der Waals surface area contributed by atoms with Crippen LogP contribution >= 0.6 is 23.8 Å². The third-order valence-corrected chi connectivity index (χ3v) is 4.20. The van der Waals surface area contributed by atoms with E-state index >= 15 is 0 Å². The molecule has 0 radical (unpaired) electrons. The molecule has 0 saturated heterocycles. The molecular formula is C20H24ClNOS. The number of halogens is 1. The minimum atomic E-state index is 0.366. The van der Waals surface area contributed by atoms with E-state index in [1.54, 1.807) is 0 Å². The van der Waals surface area contributed by atoms with Crippen LogP contribution < -0.4 is 10.1 Å². The van der Waals surface area contributed by atoms with Gasteiger partial charge in [-0.15, -0.1) is 0 Å². The van der Waals surface area contributed by atoms with Crippen molar-refractivity contribution in [3.63, 3.8) is 0 Å². The fourth-order valence-corrected chi connectivity index (χ4v) is 2.74. The zero-order valence-electron chi connectivity index (χ0n) is 14.3. The van der Waals surface area contributed by atoms with Crippen LogP contribution in [0, 0.1) is 0 Å². The molecule has 0 spiro atoms. The monoisotopic (exact) mass is 361 g/mol. The Morgan fingerprint density at radius 3 is 2.88 bits per heavy atom. The van der Waals surface area contributed by atoms with Gasteiger partial charge in [-0.05, 0) is 38.0 Å². The van der Waals surface area contributed by atoms with Crippen LogP contribution in [0.3, 0.4) is 0 Å². The molecule has 0 aromatic heterocycles. The zero-order valence-corrected chi connectivity index (χ0v) is 15.8. The molecule has 1 N–H and O–H groups in total. The van der Waals surface area contributed by atoms with Crippen molar-refractivity contribution in [1.82, 2.24) is 0 Å². The van der Waals surface area contributed by atoms with E-state index in [0.29, 0.717) is 4.32 Å². The van der Waals surface area contributed by atoms with Gasteiger partial charge in [0, 0.05) is 24.1 Å². The smallest absolute Gasteiger partial charge is 0.157 e. The molecule has 0 amide bonds. The first-order chi connectivity index (χ1) is 11.7. The van der Waals surface area contributed by atoms with Crippen molar-refractivity contribution in [2.24, 2.45) is 0 Å². The van der Waals surface area contributed by atoms with Crippen molar-refractivity contribution in [2.75, 3.05) is 11.9 Å². The van der Waals surface area contributed by atoms with Crippen LogP contribution in [0.15, 0.2) is 42.2 Å². The third-order valence-electron chi connectivity index (χ3n) is 3.75. The van der Waals surface area contributed by atoms with Crippen LogP contribution in [0.2, 0.25) is 0 Å². The number of anilines is 1. The Hall–Kier alpha value is -1.58. The van der Waals surface area contributed by atoms with Crippen molar-refractivity contribution in [1.29, 1.82) is 0 Å². The van der Waals surface area contributed by atoms with Gasteiger partial charge in [0.1, 0.15) is 10.1 Å². The molecule has 0 unspecified atom stereocenters. The zero-order chi connectivity index (χ0) is 17.4. The van der Waals surface area contributed by atoms with Crippen molar-refractivity contribution in [2.45, 2.75) is 39.5 Å². The topological polar surface area (TPSA) is 21.3 Å². The number of allylic oxidation sites excluding steroid dienone is 5. The average molecular weight is 362 g/mol. The van der Waals surface area contributed by atoms with Crippen LogP contribution in [0.5, 0.6) is 5.75 Å². The molecule has 2 rings (SSSR count). The van der Waals surface area contributed by atoms with Crippen LogP contribution in [-0.4, -0.2) is 10.9 Å². The molecule has 0 fully saturated rings. The minimum absolute atomic E-state index is 0.366. The maximum atomic E-state index is 6.25. The highest BCUT2D eigenvalue weighted by atomic mass is 35.5. The molecule has 0 saturated carbocycles. The Morgan fingerprint density at radius 2 is 2.25 bits per heavy atom. The Labute approximate surface area is 155 Å². The van der Waals surface area contributed by atoms with Gasteiger partial charge in [-0.2, -0.15) is 0 Å². The van der Waals surface area contributed by atoms with Crippen LogP contribution in [0.4, 0.5) is 5.69 Å². The molecule has 2 nitrogen and oxygen atoms in total. The van der Waals surface area contributed by atoms with Gasteiger partial charge in [0.05, 0.1) is 5.69 Å². The Morgan fingerprint density at radius 1 is 1.42 bits per heavy atom. The number of hydrogen-bond donors (Lipinski definition) is 1. The highest BCUT2D eigenvalue weighted by Crippen LogP contribution is 2.35. The van der Waals surface area contributed by atoms with E-state index in [1.807, 2.05) is 43.4 Å². The highest BCUT2D eigenvalue weighted by molar-refractivity contribution is 7.83. The predicted molar refractivity (Wildman–Crippen MR) is 109 cm³/mol. The lowest BCUT2D eigenvalue weighted by Gasteiger charge is -2.19. The fraction of sp³-hybridized carbons (Fsp3) is 0.350. The molecule has 128 valence electrons.